The summed E-state index contributed by atoms with van der Waals surface area (Å²) in [5.74, 6) is -2.56. The van der Waals surface area contributed by atoms with Crippen LogP contribution < -0.4 is 16.0 Å². The number of carbonyl (C=O) groups excluding carboxylic acids is 3. The number of nitriles is 1. The summed E-state index contributed by atoms with van der Waals surface area (Å²) in [6, 6.07) is 2.46. The molecule has 35 heavy (non-hydrogen) atoms. The Morgan fingerprint density at radius 2 is 1.97 bits per heavy atom. The van der Waals surface area contributed by atoms with Crippen molar-refractivity contribution in [2.45, 2.75) is 76.0 Å². The Hall–Kier alpha value is -3.22. The van der Waals surface area contributed by atoms with Gasteiger partial charge in [0.1, 0.15) is 29.8 Å². The van der Waals surface area contributed by atoms with Gasteiger partial charge in [0.05, 0.1) is 11.8 Å². The van der Waals surface area contributed by atoms with Crippen molar-refractivity contribution in [3.63, 3.8) is 0 Å². The van der Waals surface area contributed by atoms with Gasteiger partial charge in [-0.1, -0.05) is 0 Å². The largest absolute Gasteiger partial charge is 0.371 e. The first kappa shape index (κ1) is 24.9. The number of fused-ring (bicyclic) bond motifs is 3. The number of amides is 3. The van der Waals surface area contributed by atoms with Gasteiger partial charge >= 0.3 is 0 Å². The van der Waals surface area contributed by atoms with Gasteiger partial charge in [0.15, 0.2) is 0 Å². The number of anilines is 1. The van der Waals surface area contributed by atoms with Crippen LogP contribution in [0.25, 0.3) is 0 Å². The van der Waals surface area contributed by atoms with Crippen LogP contribution in [-0.2, 0) is 14.4 Å². The van der Waals surface area contributed by atoms with E-state index in [-0.39, 0.29) is 41.8 Å². The third-order valence-electron chi connectivity index (χ3n) is 7.47. The van der Waals surface area contributed by atoms with Gasteiger partial charge in [-0.2, -0.15) is 5.26 Å². The molecule has 1 aliphatic carbocycles. The Bertz CT molecular complexity index is 1020. The van der Waals surface area contributed by atoms with Crippen molar-refractivity contribution < 1.29 is 23.2 Å². The quantitative estimate of drug-likeness (QED) is 0.547. The molecule has 5 rings (SSSR count). The Labute approximate surface area is 203 Å². The highest BCUT2D eigenvalue weighted by Gasteiger charge is 2.48. The molecule has 1 aromatic carbocycles. The molecule has 4 atom stereocenters. The van der Waals surface area contributed by atoms with E-state index in [0.717, 1.165) is 50.3 Å². The number of carbonyl (C=O) groups is 3. The Morgan fingerprint density at radius 3 is 2.66 bits per heavy atom. The molecule has 0 aromatic heterocycles. The third kappa shape index (κ3) is 5.39. The highest BCUT2D eigenvalue weighted by atomic mass is 19.1. The first-order chi connectivity index (χ1) is 16.8. The average Bonchev–Trinajstić information content (AvgIpc) is 2.86. The zero-order valence-electron chi connectivity index (χ0n) is 19.7. The number of hydrogen-bond donors (Lipinski definition) is 3. The number of halogens is 2. The standard InChI is InChI=1S/C25H31F2N5O3/c1-14(30-21-12-17(26)6-9-20(21)27)25(35)32-19-7-4-15(5-8-19)22(32)24(34)31-18(13-28)11-16-3-2-10-29-23(16)33/h6,9,12,14-16,18-19,22,30H,2-5,7-8,10-11H2,1H3,(H,29,33)(H,31,34)/t14-,15?,16-,18-,19?,22-/m1/s1. The summed E-state index contributed by atoms with van der Waals surface area (Å²) in [7, 11) is 0. The fourth-order valence-electron chi connectivity index (χ4n) is 5.68. The van der Waals surface area contributed by atoms with Gasteiger partial charge in [-0.15, -0.1) is 0 Å². The van der Waals surface area contributed by atoms with E-state index in [1.165, 1.54) is 0 Å². The predicted molar refractivity (Wildman–Crippen MR) is 124 cm³/mol. The highest BCUT2D eigenvalue weighted by molar-refractivity contribution is 5.92. The van der Waals surface area contributed by atoms with Crippen molar-refractivity contribution in [1.82, 2.24) is 15.5 Å². The third-order valence-corrected chi connectivity index (χ3v) is 7.47. The second kappa shape index (κ2) is 10.6. The van der Waals surface area contributed by atoms with Crippen LogP contribution >= 0.6 is 0 Å². The van der Waals surface area contributed by atoms with Crippen LogP contribution in [0.1, 0.15) is 51.9 Å². The van der Waals surface area contributed by atoms with E-state index in [1.807, 2.05) is 0 Å². The molecule has 3 amide bonds. The second-order valence-corrected chi connectivity index (χ2v) is 9.81. The fraction of sp³-hybridized carbons (Fsp3) is 0.600. The van der Waals surface area contributed by atoms with E-state index >= 15 is 0 Å². The minimum Gasteiger partial charge on any atom is -0.371 e. The van der Waals surface area contributed by atoms with Crippen LogP contribution in [0.15, 0.2) is 18.2 Å². The van der Waals surface area contributed by atoms with Crippen LogP contribution in [0.3, 0.4) is 0 Å². The summed E-state index contributed by atoms with van der Waals surface area (Å²) in [4.78, 5) is 40.5. The molecule has 0 unspecified atom stereocenters. The van der Waals surface area contributed by atoms with Gasteiger partial charge in [0, 0.05) is 18.5 Å². The molecule has 1 aromatic rings. The zero-order chi connectivity index (χ0) is 25.1. The highest BCUT2D eigenvalue weighted by Crippen LogP contribution is 2.40. The van der Waals surface area contributed by atoms with Crippen molar-refractivity contribution in [3.8, 4) is 6.07 Å². The molecule has 3 saturated heterocycles. The SMILES string of the molecule is C[C@@H](Nc1cc(F)ccc1F)C(=O)N1C2CCC(CC2)[C@@H]1C(=O)N[C@@H](C#N)C[C@H]1CCCNC1=O. The number of hydrogen-bond acceptors (Lipinski definition) is 5. The van der Waals surface area contributed by atoms with Gasteiger partial charge in [-0.05, 0) is 76.0 Å². The van der Waals surface area contributed by atoms with Gasteiger partial charge in [0.25, 0.3) is 0 Å². The van der Waals surface area contributed by atoms with Crippen molar-refractivity contribution in [2.24, 2.45) is 11.8 Å². The molecule has 3 aliphatic heterocycles. The summed E-state index contributed by atoms with van der Waals surface area (Å²) < 4.78 is 27.7. The van der Waals surface area contributed by atoms with Crippen LogP contribution in [0.5, 0.6) is 0 Å². The van der Waals surface area contributed by atoms with E-state index in [0.29, 0.717) is 13.0 Å². The Morgan fingerprint density at radius 1 is 1.23 bits per heavy atom. The summed E-state index contributed by atoms with van der Waals surface area (Å²) in [5, 5.41) is 18.0. The van der Waals surface area contributed by atoms with Crippen molar-refractivity contribution in [2.75, 3.05) is 11.9 Å². The fourth-order valence-corrected chi connectivity index (χ4v) is 5.68. The number of nitrogens with one attached hydrogen (secondary N) is 3. The predicted octanol–water partition coefficient (Wildman–Crippen LogP) is 2.46. The molecule has 4 aliphatic rings. The smallest absolute Gasteiger partial charge is 0.245 e. The minimum atomic E-state index is -0.890. The van der Waals surface area contributed by atoms with Crippen LogP contribution in [0, 0.1) is 34.8 Å². The topological polar surface area (TPSA) is 114 Å². The van der Waals surface area contributed by atoms with Crippen LogP contribution in [0.2, 0.25) is 0 Å². The van der Waals surface area contributed by atoms with E-state index in [9.17, 15) is 28.4 Å². The first-order valence-electron chi connectivity index (χ1n) is 12.3. The summed E-state index contributed by atoms with van der Waals surface area (Å²) in [6.07, 6.45) is 4.85. The average molecular weight is 488 g/mol. The molecule has 0 radical (unpaired) electrons. The first-order valence-corrected chi connectivity index (χ1v) is 12.3. The molecular formula is C25H31F2N5O3. The summed E-state index contributed by atoms with van der Waals surface area (Å²) in [5.41, 5.74) is -0.121. The van der Waals surface area contributed by atoms with E-state index in [2.05, 4.69) is 22.0 Å². The van der Waals surface area contributed by atoms with Crippen LogP contribution in [0.4, 0.5) is 14.5 Å². The normalized spacial score (nSPS) is 27.4. The van der Waals surface area contributed by atoms with E-state index in [4.69, 9.17) is 0 Å². The molecule has 3 heterocycles. The van der Waals surface area contributed by atoms with Gasteiger partial charge < -0.3 is 20.9 Å². The molecule has 8 nitrogen and oxygen atoms in total. The Kier molecular flexibility index (Phi) is 7.53. The lowest BCUT2D eigenvalue weighted by Gasteiger charge is -2.51. The Balaban J connectivity index is 1.47. The zero-order valence-corrected chi connectivity index (χ0v) is 19.7. The maximum Gasteiger partial charge on any atom is 0.245 e. The molecule has 188 valence electrons. The summed E-state index contributed by atoms with van der Waals surface area (Å²) >= 11 is 0. The molecule has 1 saturated carbocycles. The number of piperidine rings is 3. The lowest BCUT2D eigenvalue weighted by Crippen LogP contribution is -2.65. The summed E-state index contributed by atoms with van der Waals surface area (Å²) in [6.45, 7) is 2.18. The molecule has 4 fully saturated rings. The maximum atomic E-state index is 14.1. The molecule has 2 bridgehead atoms. The van der Waals surface area contributed by atoms with Gasteiger partial charge in [0.2, 0.25) is 17.7 Å². The van der Waals surface area contributed by atoms with E-state index < -0.39 is 35.7 Å². The van der Waals surface area contributed by atoms with Crippen molar-refractivity contribution >= 4 is 23.4 Å². The molecule has 3 N–H and O–H groups in total. The second-order valence-electron chi connectivity index (χ2n) is 9.81. The number of nitrogens with zero attached hydrogens (tertiary/aromatic N) is 2. The number of rotatable bonds is 7. The lowest BCUT2D eigenvalue weighted by molar-refractivity contribution is -0.154. The van der Waals surface area contributed by atoms with Crippen molar-refractivity contribution in [3.05, 3.63) is 29.8 Å². The molecule has 0 spiro atoms. The minimum absolute atomic E-state index is 0.0422. The monoisotopic (exact) mass is 487 g/mol. The molecular weight excluding hydrogens is 456 g/mol. The lowest BCUT2D eigenvalue weighted by atomic mass is 9.74. The maximum absolute atomic E-state index is 14.1. The van der Waals surface area contributed by atoms with Gasteiger partial charge in [-0.25, -0.2) is 8.78 Å². The van der Waals surface area contributed by atoms with Crippen LogP contribution in [-0.4, -0.2) is 53.3 Å². The van der Waals surface area contributed by atoms with E-state index in [1.54, 1.807) is 11.8 Å². The van der Waals surface area contributed by atoms with Crippen molar-refractivity contribution in [1.29, 1.82) is 5.26 Å². The molecule has 10 heteroatoms. The number of benzene rings is 1. The van der Waals surface area contributed by atoms with Gasteiger partial charge in [-0.3, -0.25) is 14.4 Å².